The van der Waals surface area contributed by atoms with Crippen LogP contribution in [0.1, 0.15) is 17.7 Å². The van der Waals surface area contributed by atoms with Gasteiger partial charge in [-0.25, -0.2) is 15.1 Å². The van der Waals surface area contributed by atoms with E-state index in [0.717, 1.165) is 5.56 Å². The number of anilines is 1. The third-order valence-electron chi connectivity index (χ3n) is 2.95. The van der Waals surface area contributed by atoms with Crippen molar-refractivity contribution in [2.24, 2.45) is 0 Å². The predicted molar refractivity (Wildman–Crippen MR) is 74.6 cm³/mol. The third kappa shape index (κ3) is 3.85. The van der Waals surface area contributed by atoms with Gasteiger partial charge in [0, 0.05) is 6.07 Å². The van der Waals surface area contributed by atoms with Crippen LogP contribution in [-0.2, 0) is 11.3 Å². The maximum atomic E-state index is 11.8. The van der Waals surface area contributed by atoms with Gasteiger partial charge in [-0.2, -0.15) is 4.68 Å². The fourth-order valence-electron chi connectivity index (χ4n) is 1.81. The zero-order valence-corrected chi connectivity index (χ0v) is 11.8. The molecule has 0 fully saturated rings. The molecular formula is C13H16N5O3+. The van der Waals surface area contributed by atoms with E-state index >= 15 is 0 Å². The van der Waals surface area contributed by atoms with E-state index in [4.69, 9.17) is 0 Å². The van der Waals surface area contributed by atoms with Crippen molar-refractivity contribution >= 4 is 17.5 Å². The van der Waals surface area contributed by atoms with Crippen LogP contribution in [-0.4, -0.2) is 20.6 Å². The van der Waals surface area contributed by atoms with Gasteiger partial charge >= 0.3 is 11.7 Å². The summed E-state index contributed by atoms with van der Waals surface area (Å²) in [6, 6.07) is 5.04. The predicted octanol–water partition coefficient (Wildman–Crippen LogP) is 1.25. The van der Waals surface area contributed by atoms with Gasteiger partial charge in [0.2, 0.25) is 0 Å². The fourth-order valence-corrected chi connectivity index (χ4v) is 1.81. The number of carbonyl (C=O) groups is 1. The van der Waals surface area contributed by atoms with E-state index in [-0.39, 0.29) is 24.7 Å². The van der Waals surface area contributed by atoms with E-state index in [1.807, 2.05) is 13.0 Å². The molecular weight excluding hydrogens is 274 g/mol. The Kier molecular flexibility index (Phi) is 4.27. The SMILES string of the molecule is Cc1ccc(NC(=O)CCn2nc([N+](=O)[O-])cc2C)[nH+]c1. The van der Waals surface area contributed by atoms with E-state index in [2.05, 4.69) is 15.4 Å². The Morgan fingerprint density at radius 1 is 1.48 bits per heavy atom. The Balaban J connectivity index is 1.92. The van der Waals surface area contributed by atoms with Crippen molar-refractivity contribution in [1.82, 2.24) is 9.78 Å². The standard InChI is InChI=1S/C13H15N5O3/c1-9-3-4-11(14-8-9)15-13(19)5-6-17-10(2)7-12(16-17)18(20)21/h3-4,7-8H,5-6H2,1-2H3,(H,14,15,19)/p+1. The van der Waals surface area contributed by atoms with Crippen molar-refractivity contribution in [2.75, 3.05) is 5.32 Å². The van der Waals surface area contributed by atoms with Crippen LogP contribution in [0.2, 0.25) is 0 Å². The Morgan fingerprint density at radius 2 is 2.24 bits per heavy atom. The summed E-state index contributed by atoms with van der Waals surface area (Å²) in [5.74, 6) is 0.209. The molecule has 8 nitrogen and oxygen atoms in total. The van der Waals surface area contributed by atoms with Crippen LogP contribution in [0.5, 0.6) is 0 Å². The highest BCUT2D eigenvalue weighted by molar-refractivity contribution is 5.88. The quantitative estimate of drug-likeness (QED) is 0.661. The van der Waals surface area contributed by atoms with Gasteiger partial charge in [-0.1, -0.05) is 0 Å². The van der Waals surface area contributed by atoms with Gasteiger partial charge in [-0.05, 0) is 30.4 Å². The first kappa shape index (κ1) is 14.6. The number of rotatable bonds is 5. The summed E-state index contributed by atoms with van der Waals surface area (Å²) in [5, 5.41) is 17.2. The van der Waals surface area contributed by atoms with Crippen molar-refractivity contribution < 1.29 is 14.7 Å². The van der Waals surface area contributed by atoms with Gasteiger partial charge in [-0.3, -0.25) is 0 Å². The zero-order chi connectivity index (χ0) is 15.4. The summed E-state index contributed by atoms with van der Waals surface area (Å²) in [7, 11) is 0. The van der Waals surface area contributed by atoms with Crippen LogP contribution in [0.3, 0.4) is 0 Å². The Morgan fingerprint density at radius 3 is 2.81 bits per heavy atom. The van der Waals surface area contributed by atoms with Gasteiger partial charge in [0.15, 0.2) is 0 Å². The van der Waals surface area contributed by atoms with Gasteiger partial charge in [0.05, 0.1) is 36.0 Å². The second-order valence-electron chi connectivity index (χ2n) is 4.70. The number of carbonyl (C=O) groups excluding carboxylic acids is 1. The summed E-state index contributed by atoms with van der Waals surface area (Å²) >= 11 is 0. The molecule has 0 saturated carbocycles. The summed E-state index contributed by atoms with van der Waals surface area (Å²) in [6.07, 6.45) is 1.97. The molecule has 2 aromatic heterocycles. The monoisotopic (exact) mass is 290 g/mol. The smallest absolute Gasteiger partial charge is 0.358 e. The molecule has 0 aliphatic rings. The largest absolute Gasteiger partial charge is 0.390 e. The number of nitro groups is 1. The van der Waals surface area contributed by atoms with Gasteiger partial charge in [0.25, 0.3) is 5.82 Å². The van der Waals surface area contributed by atoms with Crippen molar-refractivity contribution in [1.29, 1.82) is 0 Å². The van der Waals surface area contributed by atoms with Crippen molar-refractivity contribution in [3.8, 4) is 0 Å². The van der Waals surface area contributed by atoms with Gasteiger partial charge in [-0.15, -0.1) is 0 Å². The number of amides is 1. The number of hydrogen-bond acceptors (Lipinski definition) is 4. The zero-order valence-electron chi connectivity index (χ0n) is 11.8. The number of aromatic amines is 1. The highest BCUT2D eigenvalue weighted by atomic mass is 16.6. The average Bonchev–Trinajstić information content (AvgIpc) is 2.81. The molecule has 0 atom stereocenters. The number of aryl methyl sites for hydroxylation is 3. The molecule has 1 amide bonds. The van der Waals surface area contributed by atoms with Crippen molar-refractivity contribution in [2.45, 2.75) is 26.8 Å². The molecule has 0 saturated heterocycles. The van der Waals surface area contributed by atoms with E-state index < -0.39 is 4.92 Å². The van der Waals surface area contributed by atoms with E-state index in [1.54, 1.807) is 19.2 Å². The van der Waals surface area contributed by atoms with Crippen LogP contribution >= 0.6 is 0 Å². The Hall–Kier alpha value is -2.77. The molecule has 0 spiro atoms. The summed E-state index contributed by atoms with van der Waals surface area (Å²) < 4.78 is 1.45. The molecule has 0 bridgehead atoms. The van der Waals surface area contributed by atoms with E-state index in [0.29, 0.717) is 11.5 Å². The first-order chi connectivity index (χ1) is 9.95. The Labute approximate surface area is 121 Å². The number of nitrogens with one attached hydrogen (secondary N) is 2. The molecule has 8 heteroatoms. The lowest BCUT2D eigenvalue weighted by atomic mass is 10.3. The van der Waals surface area contributed by atoms with Gasteiger partial charge in [0.1, 0.15) is 0 Å². The molecule has 0 aliphatic carbocycles. The number of hydrogen-bond donors (Lipinski definition) is 1. The molecule has 110 valence electrons. The van der Waals surface area contributed by atoms with E-state index in [1.165, 1.54) is 10.7 Å². The maximum Gasteiger partial charge on any atom is 0.390 e. The first-order valence-corrected chi connectivity index (χ1v) is 6.43. The molecule has 0 aromatic carbocycles. The lowest BCUT2D eigenvalue weighted by Gasteiger charge is -1.99. The molecule has 0 unspecified atom stereocenters. The fraction of sp³-hybridized carbons (Fsp3) is 0.308. The summed E-state index contributed by atoms with van der Waals surface area (Å²) in [6.45, 7) is 3.94. The normalized spacial score (nSPS) is 10.4. The number of nitrogens with zero attached hydrogens (tertiary/aromatic N) is 3. The summed E-state index contributed by atoms with van der Waals surface area (Å²) in [4.78, 5) is 24.8. The van der Waals surface area contributed by atoms with Crippen LogP contribution in [0.15, 0.2) is 24.4 Å². The molecule has 0 aliphatic heterocycles. The van der Waals surface area contributed by atoms with Crippen LogP contribution in [0.4, 0.5) is 11.6 Å². The number of aromatic nitrogens is 3. The second-order valence-corrected chi connectivity index (χ2v) is 4.70. The average molecular weight is 290 g/mol. The lowest BCUT2D eigenvalue weighted by molar-refractivity contribution is -0.389. The maximum absolute atomic E-state index is 11.8. The lowest BCUT2D eigenvalue weighted by Crippen LogP contribution is -2.21. The first-order valence-electron chi connectivity index (χ1n) is 6.43. The number of pyridine rings is 1. The summed E-state index contributed by atoms with van der Waals surface area (Å²) in [5.41, 5.74) is 1.71. The molecule has 21 heavy (non-hydrogen) atoms. The minimum atomic E-state index is -0.551. The Bertz CT molecular complexity index is 663. The molecule has 0 radical (unpaired) electrons. The minimum Gasteiger partial charge on any atom is -0.358 e. The molecule has 2 rings (SSSR count). The number of H-pyrrole nitrogens is 1. The highest BCUT2D eigenvalue weighted by Gasteiger charge is 2.17. The van der Waals surface area contributed by atoms with E-state index in [9.17, 15) is 14.9 Å². The van der Waals surface area contributed by atoms with Crippen LogP contribution in [0.25, 0.3) is 0 Å². The van der Waals surface area contributed by atoms with Crippen LogP contribution in [0, 0.1) is 24.0 Å². The third-order valence-corrected chi connectivity index (χ3v) is 2.95. The molecule has 2 N–H and O–H groups in total. The minimum absolute atomic E-state index is 0.182. The highest BCUT2D eigenvalue weighted by Crippen LogP contribution is 2.11. The topological polar surface area (TPSA) is 104 Å². The van der Waals surface area contributed by atoms with Gasteiger partial charge < -0.3 is 10.1 Å². The second kappa shape index (κ2) is 6.12. The van der Waals surface area contributed by atoms with Crippen LogP contribution < -0.4 is 10.3 Å². The van der Waals surface area contributed by atoms with Crippen molar-refractivity contribution in [3.05, 3.63) is 45.8 Å². The van der Waals surface area contributed by atoms with Crippen molar-refractivity contribution in [3.63, 3.8) is 0 Å². The molecule has 2 aromatic rings. The molecule has 2 heterocycles.